The van der Waals surface area contributed by atoms with Crippen LogP contribution in [0, 0.1) is 5.92 Å². The van der Waals surface area contributed by atoms with Crippen LogP contribution < -0.4 is 0 Å². The summed E-state index contributed by atoms with van der Waals surface area (Å²) in [7, 11) is 3.58. The van der Waals surface area contributed by atoms with Gasteiger partial charge in [-0.2, -0.15) is 0 Å². The van der Waals surface area contributed by atoms with E-state index in [0.717, 1.165) is 19.4 Å². The van der Waals surface area contributed by atoms with Crippen LogP contribution in [0.1, 0.15) is 38.5 Å². The van der Waals surface area contributed by atoms with Crippen LogP contribution in [0.2, 0.25) is 0 Å². The van der Waals surface area contributed by atoms with Gasteiger partial charge in [0.15, 0.2) is 0 Å². The second-order valence-corrected chi connectivity index (χ2v) is 6.25. The average molecular weight is 306 g/mol. The Bertz CT molecular complexity index is 227. The van der Waals surface area contributed by atoms with E-state index in [1.165, 1.54) is 25.7 Å². The van der Waals surface area contributed by atoms with Crippen LogP contribution in [0.25, 0.3) is 0 Å². The third-order valence-corrected chi connectivity index (χ3v) is 3.95. The van der Waals surface area contributed by atoms with E-state index in [4.69, 9.17) is 4.74 Å². The first kappa shape index (κ1) is 15.0. The second kappa shape index (κ2) is 8.09. The van der Waals surface area contributed by atoms with Crippen molar-refractivity contribution in [2.75, 3.05) is 27.3 Å². The van der Waals surface area contributed by atoms with Crippen LogP contribution in [0.4, 0.5) is 0 Å². The van der Waals surface area contributed by atoms with Crippen LogP contribution in [0.3, 0.4) is 0 Å². The van der Waals surface area contributed by atoms with Gasteiger partial charge in [0, 0.05) is 26.6 Å². The predicted octanol–water partition coefficient (Wildman–Crippen LogP) is 2.83. The summed E-state index contributed by atoms with van der Waals surface area (Å²) in [5, 5.41) is 0. The van der Waals surface area contributed by atoms with E-state index in [0.29, 0.717) is 12.5 Å². The Kier molecular flexibility index (Phi) is 7.12. The van der Waals surface area contributed by atoms with Crippen molar-refractivity contribution in [3.63, 3.8) is 0 Å². The number of alkyl halides is 1. The van der Waals surface area contributed by atoms with Gasteiger partial charge in [-0.25, -0.2) is 0 Å². The summed E-state index contributed by atoms with van der Waals surface area (Å²) in [5.74, 6) is 0.567. The topological polar surface area (TPSA) is 29.5 Å². The monoisotopic (exact) mass is 305 g/mol. The van der Waals surface area contributed by atoms with Crippen molar-refractivity contribution in [3.05, 3.63) is 0 Å². The van der Waals surface area contributed by atoms with Crippen LogP contribution in [-0.4, -0.2) is 42.9 Å². The van der Waals surface area contributed by atoms with Gasteiger partial charge >= 0.3 is 0 Å². The number of hydrogen-bond donors (Lipinski definition) is 0. The molecule has 0 saturated heterocycles. The van der Waals surface area contributed by atoms with E-state index in [1.54, 1.807) is 7.11 Å². The van der Waals surface area contributed by atoms with Gasteiger partial charge in [-0.15, -0.1) is 0 Å². The summed E-state index contributed by atoms with van der Waals surface area (Å²) < 4.78 is 5.06. The lowest BCUT2D eigenvalue weighted by atomic mass is 9.99. The Balaban J connectivity index is 2.38. The highest BCUT2D eigenvalue weighted by molar-refractivity contribution is 9.09. The fraction of sp³-hybridized carbons (Fsp3) is 0.923. The Labute approximate surface area is 113 Å². The zero-order valence-corrected chi connectivity index (χ0v) is 12.5. The molecule has 0 N–H and O–H groups in total. The first-order chi connectivity index (χ1) is 8.15. The molecule has 1 unspecified atom stereocenters. The molecule has 3 nitrogen and oxygen atoms in total. The van der Waals surface area contributed by atoms with Crippen molar-refractivity contribution in [1.29, 1.82) is 0 Å². The molecule has 0 aliphatic heterocycles. The van der Waals surface area contributed by atoms with Crippen LogP contribution in [-0.2, 0) is 9.53 Å². The number of hydrogen-bond acceptors (Lipinski definition) is 2. The second-order valence-electron chi connectivity index (χ2n) is 4.96. The van der Waals surface area contributed by atoms with Crippen LogP contribution in [0.5, 0.6) is 0 Å². The lowest BCUT2D eigenvalue weighted by Gasteiger charge is -2.24. The minimum atomic E-state index is 0.229. The quantitative estimate of drug-likeness (QED) is 0.577. The normalized spacial score (nSPS) is 19.7. The average Bonchev–Trinajstić information content (AvgIpc) is 2.56. The van der Waals surface area contributed by atoms with Gasteiger partial charge in [-0.1, -0.05) is 41.6 Å². The molecule has 1 amide bonds. The van der Waals surface area contributed by atoms with Gasteiger partial charge < -0.3 is 9.64 Å². The molecule has 0 aromatic carbocycles. The van der Waals surface area contributed by atoms with Crippen LogP contribution >= 0.6 is 15.9 Å². The van der Waals surface area contributed by atoms with Crippen molar-refractivity contribution in [3.8, 4) is 0 Å². The predicted molar refractivity (Wildman–Crippen MR) is 73.4 cm³/mol. The van der Waals surface area contributed by atoms with Crippen molar-refractivity contribution in [2.45, 2.75) is 43.4 Å². The highest BCUT2D eigenvalue weighted by Gasteiger charge is 2.24. The number of nitrogens with zero attached hydrogens (tertiary/aromatic N) is 1. The molecule has 100 valence electrons. The van der Waals surface area contributed by atoms with Crippen molar-refractivity contribution in [2.24, 2.45) is 5.92 Å². The molecule has 1 aliphatic carbocycles. The lowest BCUT2D eigenvalue weighted by molar-refractivity contribution is -0.134. The standard InChI is InChI=1S/C13H24BrNO2/c1-15(9-12(14)10-17-2)13(16)11-7-5-3-4-6-8-11/h11-12H,3-10H2,1-2H3. The number of rotatable bonds is 5. The van der Waals surface area contributed by atoms with Crippen molar-refractivity contribution < 1.29 is 9.53 Å². The number of methoxy groups -OCH3 is 1. The Morgan fingerprint density at radius 1 is 1.35 bits per heavy atom. The minimum Gasteiger partial charge on any atom is -0.383 e. The molecule has 0 bridgehead atoms. The molecule has 1 atom stereocenters. The van der Waals surface area contributed by atoms with Gasteiger partial charge in [-0.3, -0.25) is 4.79 Å². The first-order valence-electron chi connectivity index (χ1n) is 6.53. The maximum absolute atomic E-state index is 12.3. The smallest absolute Gasteiger partial charge is 0.225 e. The van der Waals surface area contributed by atoms with E-state index < -0.39 is 0 Å². The summed E-state index contributed by atoms with van der Waals surface area (Å²) in [4.78, 5) is 14.3. The van der Waals surface area contributed by atoms with Gasteiger partial charge in [0.05, 0.1) is 11.4 Å². The van der Waals surface area contributed by atoms with Gasteiger partial charge in [0.1, 0.15) is 0 Å². The minimum absolute atomic E-state index is 0.229. The maximum Gasteiger partial charge on any atom is 0.225 e. The van der Waals surface area contributed by atoms with E-state index in [1.807, 2.05) is 11.9 Å². The third kappa shape index (κ3) is 5.38. The van der Waals surface area contributed by atoms with Crippen molar-refractivity contribution in [1.82, 2.24) is 4.90 Å². The fourth-order valence-corrected chi connectivity index (χ4v) is 3.16. The molecule has 0 aromatic rings. The summed E-state index contributed by atoms with van der Waals surface area (Å²) in [6.45, 7) is 1.37. The molecular weight excluding hydrogens is 282 g/mol. The molecule has 1 fully saturated rings. The molecule has 4 heteroatoms. The number of amides is 1. The number of carbonyl (C=O) groups is 1. The summed E-state index contributed by atoms with van der Waals surface area (Å²) in [6, 6.07) is 0. The Hall–Kier alpha value is -0.0900. The zero-order chi connectivity index (χ0) is 12.7. The van der Waals surface area contributed by atoms with E-state index >= 15 is 0 Å². The van der Waals surface area contributed by atoms with Gasteiger partial charge in [0.2, 0.25) is 5.91 Å². The SMILES string of the molecule is COCC(Br)CN(C)C(=O)C1CCCCCC1. The fourth-order valence-electron chi connectivity index (χ4n) is 2.46. The zero-order valence-electron chi connectivity index (χ0n) is 11.0. The summed E-state index contributed by atoms with van der Waals surface area (Å²) in [6.07, 6.45) is 7.14. The van der Waals surface area contributed by atoms with Crippen LogP contribution in [0.15, 0.2) is 0 Å². The van der Waals surface area contributed by atoms with Crippen molar-refractivity contribution >= 4 is 21.8 Å². The molecule has 17 heavy (non-hydrogen) atoms. The largest absolute Gasteiger partial charge is 0.383 e. The maximum atomic E-state index is 12.3. The molecule has 1 aliphatic rings. The third-order valence-electron chi connectivity index (χ3n) is 3.40. The van der Waals surface area contributed by atoms with Gasteiger partial charge in [0.25, 0.3) is 0 Å². The molecule has 0 aromatic heterocycles. The molecule has 0 heterocycles. The van der Waals surface area contributed by atoms with E-state index in [9.17, 15) is 4.79 Å². The number of ether oxygens (including phenoxy) is 1. The number of carbonyl (C=O) groups excluding carboxylic acids is 1. The Morgan fingerprint density at radius 2 is 1.94 bits per heavy atom. The highest BCUT2D eigenvalue weighted by atomic mass is 79.9. The lowest BCUT2D eigenvalue weighted by Crippen LogP contribution is -2.37. The summed E-state index contributed by atoms with van der Waals surface area (Å²) >= 11 is 3.53. The molecule has 0 radical (unpaired) electrons. The number of halogens is 1. The molecule has 1 saturated carbocycles. The van der Waals surface area contributed by atoms with Gasteiger partial charge in [-0.05, 0) is 12.8 Å². The molecule has 0 spiro atoms. The molecule has 1 rings (SSSR count). The Morgan fingerprint density at radius 3 is 2.47 bits per heavy atom. The molecular formula is C13H24BrNO2. The van der Waals surface area contributed by atoms with E-state index in [-0.39, 0.29) is 10.7 Å². The summed E-state index contributed by atoms with van der Waals surface area (Å²) in [5.41, 5.74) is 0. The van der Waals surface area contributed by atoms with E-state index in [2.05, 4.69) is 15.9 Å². The highest BCUT2D eigenvalue weighted by Crippen LogP contribution is 2.24. The first-order valence-corrected chi connectivity index (χ1v) is 7.44.